The van der Waals surface area contributed by atoms with Gasteiger partial charge in [-0.15, -0.1) is 0 Å². The van der Waals surface area contributed by atoms with Gasteiger partial charge in [0, 0.05) is 19.3 Å². The van der Waals surface area contributed by atoms with E-state index >= 15 is 0 Å². The van der Waals surface area contributed by atoms with Crippen LogP contribution in [0.25, 0.3) is 0 Å². The van der Waals surface area contributed by atoms with E-state index in [0.29, 0.717) is 19.3 Å². The maximum Gasteiger partial charge on any atom is 0.305 e. The van der Waals surface area contributed by atoms with Gasteiger partial charge >= 0.3 is 17.9 Å². The van der Waals surface area contributed by atoms with Gasteiger partial charge in [0.2, 0.25) is 0 Å². The number of aldehydes is 1. The van der Waals surface area contributed by atoms with E-state index in [0.717, 1.165) is 76.9 Å². The van der Waals surface area contributed by atoms with Crippen LogP contribution in [0.1, 0.15) is 258 Å². The summed E-state index contributed by atoms with van der Waals surface area (Å²) in [5.74, 6) is -1.56. The molecule has 0 heterocycles. The first-order chi connectivity index (χ1) is 27.3. The maximum absolute atomic E-state index is 12.8. The predicted molar refractivity (Wildman–Crippen MR) is 231 cm³/mol. The summed E-state index contributed by atoms with van der Waals surface area (Å²) in [4.78, 5) is 49.5. The van der Waals surface area contributed by atoms with Crippen LogP contribution in [0.2, 0.25) is 0 Å². The second-order valence-corrected chi connectivity index (χ2v) is 16.7. The van der Waals surface area contributed by atoms with Gasteiger partial charge in [0.15, 0.2) is 6.29 Å². The normalized spacial score (nSPS) is 12.5. The highest BCUT2D eigenvalue weighted by Crippen LogP contribution is 2.27. The van der Waals surface area contributed by atoms with Gasteiger partial charge in [-0.05, 0) is 32.1 Å². The molecule has 0 saturated heterocycles. The first kappa shape index (κ1) is 54.0. The van der Waals surface area contributed by atoms with Crippen LogP contribution in [0.5, 0.6) is 0 Å². The molecule has 8 heteroatoms. The van der Waals surface area contributed by atoms with Gasteiger partial charge in [0.25, 0.3) is 0 Å². The van der Waals surface area contributed by atoms with Crippen LogP contribution in [0.4, 0.5) is 0 Å². The summed E-state index contributed by atoms with van der Waals surface area (Å²) >= 11 is 0. The molecule has 0 aromatic heterocycles. The van der Waals surface area contributed by atoms with Crippen molar-refractivity contribution in [2.75, 3.05) is 13.2 Å². The van der Waals surface area contributed by atoms with E-state index in [1.807, 2.05) is 0 Å². The monoisotopic (exact) mass is 795 g/mol. The average molecular weight is 795 g/mol. The molecule has 0 fully saturated rings. The molecule has 0 saturated carbocycles. The molecule has 0 aliphatic rings. The Labute approximate surface area is 345 Å². The number of unbranched alkanes of at least 4 members (excludes halogenated alkanes) is 28. The number of carbonyl (C=O) groups excluding carboxylic acids is 3. The van der Waals surface area contributed by atoms with E-state index in [4.69, 9.17) is 14.2 Å². The summed E-state index contributed by atoms with van der Waals surface area (Å²) in [7, 11) is 0. The molecule has 0 aliphatic heterocycles. The largest absolute Gasteiger partial charge is 0.481 e. The fraction of sp³-hybridized carbons (Fsp3) is 0.917. The van der Waals surface area contributed by atoms with Crippen molar-refractivity contribution in [3.63, 3.8) is 0 Å². The highest BCUT2D eigenvalue weighted by Gasteiger charge is 2.34. The van der Waals surface area contributed by atoms with Crippen LogP contribution < -0.4 is 0 Å². The fourth-order valence-electron chi connectivity index (χ4n) is 7.49. The highest BCUT2D eigenvalue weighted by molar-refractivity contribution is 5.70. The number of ether oxygens (including phenoxy) is 3. The Morgan fingerprint density at radius 1 is 0.446 bits per heavy atom. The Bertz CT molecular complexity index is 862. The molecule has 1 atom stereocenters. The van der Waals surface area contributed by atoms with E-state index in [-0.39, 0.29) is 44.4 Å². The number of hydrogen-bond donors (Lipinski definition) is 1. The second-order valence-electron chi connectivity index (χ2n) is 16.7. The maximum atomic E-state index is 12.8. The van der Waals surface area contributed by atoms with Crippen molar-refractivity contribution in [1.29, 1.82) is 0 Å². The van der Waals surface area contributed by atoms with Crippen LogP contribution in [0.3, 0.4) is 0 Å². The first-order valence-corrected chi connectivity index (χ1v) is 24.0. The fourth-order valence-corrected chi connectivity index (χ4v) is 7.49. The minimum absolute atomic E-state index is 0.0678. The number of hydrogen-bond acceptors (Lipinski definition) is 7. The Kier molecular flexibility index (Phi) is 39.8. The van der Waals surface area contributed by atoms with Gasteiger partial charge in [0.1, 0.15) is 24.9 Å². The lowest BCUT2D eigenvalue weighted by atomic mass is 9.91. The summed E-state index contributed by atoms with van der Waals surface area (Å²) in [5.41, 5.74) is -1.23. The standard InChI is InChI=1S/C48H90O8/c1-4-7-10-13-15-17-19-21-23-25-27-29-32-37-46(52)54-41-44(56-48(43-49,40-35-36-45(50)51)39-34-31-12-9-6-3)42-55-47(53)38-33-30-28-26-24-22-20-18-16-14-11-8-5-2/h43-44H,4-42H2,1-3H3,(H,50,51). The molecule has 0 rings (SSSR count). The predicted octanol–water partition coefficient (Wildman–Crippen LogP) is 14.0. The van der Waals surface area contributed by atoms with E-state index in [1.54, 1.807) is 0 Å². The molecular weight excluding hydrogens is 705 g/mol. The summed E-state index contributed by atoms with van der Waals surface area (Å²) in [6.45, 7) is 6.42. The van der Waals surface area contributed by atoms with Crippen molar-refractivity contribution in [1.82, 2.24) is 0 Å². The highest BCUT2D eigenvalue weighted by atomic mass is 16.6. The van der Waals surface area contributed by atoms with Gasteiger partial charge in [0.05, 0.1) is 0 Å². The molecule has 0 aromatic carbocycles. The minimum Gasteiger partial charge on any atom is -0.481 e. The third-order valence-electron chi connectivity index (χ3n) is 11.1. The van der Waals surface area contributed by atoms with Crippen molar-refractivity contribution < 1.29 is 38.5 Å². The van der Waals surface area contributed by atoms with Gasteiger partial charge in [-0.3, -0.25) is 14.4 Å². The molecule has 0 aliphatic carbocycles. The minimum atomic E-state index is -1.23. The summed E-state index contributed by atoms with van der Waals surface area (Å²) in [6, 6.07) is 0. The molecule has 56 heavy (non-hydrogen) atoms. The van der Waals surface area contributed by atoms with Crippen LogP contribution >= 0.6 is 0 Å². The molecule has 0 spiro atoms. The van der Waals surface area contributed by atoms with Crippen molar-refractivity contribution in [2.45, 2.75) is 270 Å². The molecule has 0 radical (unpaired) electrons. The van der Waals surface area contributed by atoms with Crippen LogP contribution in [0, 0.1) is 0 Å². The molecule has 330 valence electrons. The van der Waals surface area contributed by atoms with Crippen LogP contribution in [-0.4, -0.2) is 54.2 Å². The number of esters is 2. The number of rotatable bonds is 45. The Morgan fingerprint density at radius 2 is 0.750 bits per heavy atom. The second kappa shape index (κ2) is 41.2. The zero-order valence-electron chi connectivity index (χ0n) is 37.0. The van der Waals surface area contributed by atoms with Crippen LogP contribution in [-0.2, 0) is 33.4 Å². The van der Waals surface area contributed by atoms with E-state index in [9.17, 15) is 24.3 Å². The number of aliphatic carboxylic acids is 1. The van der Waals surface area contributed by atoms with E-state index in [1.165, 1.54) is 128 Å². The Hall–Kier alpha value is -1.96. The zero-order valence-corrected chi connectivity index (χ0v) is 37.0. The van der Waals surface area contributed by atoms with Crippen molar-refractivity contribution in [2.24, 2.45) is 0 Å². The first-order valence-electron chi connectivity index (χ1n) is 24.0. The summed E-state index contributed by atoms with van der Waals surface area (Å²) in [6.07, 6.45) is 38.5. The zero-order chi connectivity index (χ0) is 41.2. The Morgan fingerprint density at radius 3 is 1.07 bits per heavy atom. The molecule has 1 unspecified atom stereocenters. The van der Waals surface area contributed by atoms with Crippen molar-refractivity contribution in [3.8, 4) is 0 Å². The topological polar surface area (TPSA) is 116 Å². The molecule has 0 aromatic rings. The molecule has 0 amide bonds. The summed E-state index contributed by atoms with van der Waals surface area (Å²) in [5, 5.41) is 9.27. The summed E-state index contributed by atoms with van der Waals surface area (Å²) < 4.78 is 17.7. The smallest absolute Gasteiger partial charge is 0.305 e. The quantitative estimate of drug-likeness (QED) is 0.0368. The SMILES string of the molecule is CCCCCCCCCCCCCCCC(=O)OCC(COC(=O)CCCCCCCCCCCCCCC)OC(C=O)(CCCCCCC)CCCC(=O)O. The van der Waals surface area contributed by atoms with E-state index < -0.39 is 17.7 Å². The Balaban J connectivity index is 4.86. The molecule has 8 nitrogen and oxygen atoms in total. The van der Waals surface area contributed by atoms with Gasteiger partial charge < -0.3 is 24.1 Å². The lowest BCUT2D eigenvalue weighted by Gasteiger charge is -2.33. The van der Waals surface area contributed by atoms with Crippen molar-refractivity contribution >= 4 is 24.2 Å². The van der Waals surface area contributed by atoms with E-state index in [2.05, 4.69) is 20.8 Å². The average Bonchev–Trinajstić information content (AvgIpc) is 3.19. The lowest BCUT2D eigenvalue weighted by molar-refractivity contribution is -0.173. The van der Waals surface area contributed by atoms with Gasteiger partial charge in [-0.1, -0.05) is 207 Å². The number of carbonyl (C=O) groups is 4. The lowest BCUT2D eigenvalue weighted by Crippen LogP contribution is -2.42. The third kappa shape index (κ3) is 36.4. The molecular formula is C48H90O8. The van der Waals surface area contributed by atoms with Crippen molar-refractivity contribution in [3.05, 3.63) is 0 Å². The van der Waals surface area contributed by atoms with Crippen LogP contribution in [0.15, 0.2) is 0 Å². The number of carboxylic acid groups (broad SMARTS) is 1. The van der Waals surface area contributed by atoms with Gasteiger partial charge in [-0.25, -0.2) is 0 Å². The number of carboxylic acids is 1. The van der Waals surface area contributed by atoms with Gasteiger partial charge in [-0.2, -0.15) is 0 Å². The third-order valence-corrected chi connectivity index (χ3v) is 11.1. The molecule has 1 N–H and O–H groups in total. The molecule has 0 bridgehead atoms.